The maximum absolute atomic E-state index is 14.3. The van der Waals surface area contributed by atoms with Crippen molar-refractivity contribution < 1.29 is 18.3 Å². The Labute approximate surface area is 254 Å². The van der Waals surface area contributed by atoms with Crippen molar-refractivity contribution in [2.24, 2.45) is 0 Å². The molecule has 1 aromatic carbocycles. The van der Waals surface area contributed by atoms with Crippen molar-refractivity contribution >= 4 is 28.5 Å². The van der Waals surface area contributed by atoms with Crippen molar-refractivity contribution in [2.75, 3.05) is 43.6 Å². The molecular weight excluding hydrogens is 566 g/mol. The molecule has 1 aliphatic heterocycles. The van der Waals surface area contributed by atoms with Gasteiger partial charge in [-0.2, -0.15) is 15.0 Å². The minimum atomic E-state index is -2.84. The minimum Gasteiger partial charge on any atom is -0.481 e. The number of halogens is 2. The summed E-state index contributed by atoms with van der Waals surface area (Å²) in [5.41, 5.74) is 3.18. The van der Waals surface area contributed by atoms with Gasteiger partial charge in [0.05, 0.1) is 31.4 Å². The van der Waals surface area contributed by atoms with Gasteiger partial charge in [0.1, 0.15) is 0 Å². The second kappa shape index (κ2) is 13.2. The lowest BCUT2D eigenvalue weighted by atomic mass is 9.90. The van der Waals surface area contributed by atoms with Crippen molar-refractivity contribution in [2.45, 2.75) is 39.2 Å². The van der Waals surface area contributed by atoms with E-state index >= 15 is 0 Å². The van der Waals surface area contributed by atoms with Crippen LogP contribution in [-0.4, -0.2) is 68.4 Å². The molecule has 1 saturated heterocycles. The fourth-order valence-corrected chi connectivity index (χ4v) is 5.04. The van der Waals surface area contributed by atoms with Crippen LogP contribution in [0.3, 0.4) is 0 Å². The van der Waals surface area contributed by atoms with Crippen molar-refractivity contribution in [1.82, 2.24) is 29.5 Å². The van der Waals surface area contributed by atoms with Gasteiger partial charge in [-0.05, 0) is 68.2 Å². The third-order valence-corrected chi connectivity index (χ3v) is 7.21. The lowest BCUT2D eigenvalue weighted by Gasteiger charge is -2.30. The maximum atomic E-state index is 14.3. The van der Waals surface area contributed by atoms with Gasteiger partial charge in [-0.15, -0.1) is 6.42 Å². The van der Waals surface area contributed by atoms with Gasteiger partial charge in [0, 0.05) is 30.9 Å². The van der Waals surface area contributed by atoms with E-state index in [1.54, 1.807) is 43.6 Å². The molecule has 1 N–H and O–H groups in total. The first-order valence-electron chi connectivity index (χ1n) is 14.1. The number of ether oxygens (including phenoxy) is 2. The highest BCUT2D eigenvalue weighted by atomic mass is 19.3. The van der Waals surface area contributed by atoms with Crippen LogP contribution in [0.25, 0.3) is 22.6 Å². The van der Waals surface area contributed by atoms with E-state index in [9.17, 15) is 8.78 Å². The van der Waals surface area contributed by atoms with Crippen LogP contribution >= 0.6 is 0 Å². The number of nitrogens with one attached hydrogen (secondary N) is 1. The van der Waals surface area contributed by atoms with Crippen LogP contribution in [-0.2, 0) is 4.74 Å². The maximum Gasteiger partial charge on any atom is 0.296 e. The molecule has 12 heteroatoms. The number of terminal acetylenes is 1. The molecule has 10 nitrogen and oxygen atoms in total. The van der Waals surface area contributed by atoms with Crippen LogP contribution in [0, 0.1) is 12.3 Å². The van der Waals surface area contributed by atoms with Gasteiger partial charge in [-0.25, -0.2) is 18.7 Å². The van der Waals surface area contributed by atoms with Gasteiger partial charge in [0.15, 0.2) is 5.82 Å². The smallest absolute Gasteiger partial charge is 0.296 e. The molecule has 0 atom stereocenters. The minimum absolute atomic E-state index is 0.0480. The number of pyridine rings is 1. The standard InChI is InChI=1S/C32H34F2N8O2/c1-6-7-10-23(21(2)22-13-14-35-26(19-22)43-5)20-32(3,4)40-29-37-30(41-15-17-44-18-16-41)39-31(38-29)42-25-12-9-8-11-24(25)36-28(42)27(33)34/h1,7-14,19,27H,15-18,20H2,2-5H3,(H,37,38,39,40)/b10-7-,23-21-. The molecule has 3 aromatic heterocycles. The molecule has 1 fully saturated rings. The quantitative estimate of drug-likeness (QED) is 0.183. The van der Waals surface area contributed by atoms with E-state index in [1.165, 1.54) is 4.57 Å². The van der Waals surface area contributed by atoms with Crippen molar-refractivity contribution in [3.05, 3.63) is 71.7 Å². The predicted octanol–water partition coefficient (Wildman–Crippen LogP) is 5.63. The number of benzene rings is 1. The van der Waals surface area contributed by atoms with E-state index in [-0.39, 0.29) is 11.9 Å². The van der Waals surface area contributed by atoms with Gasteiger partial charge in [0.2, 0.25) is 23.7 Å². The highest BCUT2D eigenvalue weighted by Crippen LogP contribution is 2.31. The first-order valence-corrected chi connectivity index (χ1v) is 14.1. The number of morpholine rings is 1. The SMILES string of the molecule is C#C/C=C\C(CC(C)(C)Nc1nc(N2CCOCC2)nc(-n2c(C(F)F)nc3ccccc32)n1)=C(/C)c1ccnc(OC)c1. The molecule has 1 aliphatic rings. The van der Waals surface area contributed by atoms with Crippen molar-refractivity contribution in [3.63, 3.8) is 0 Å². The summed E-state index contributed by atoms with van der Waals surface area (Å²) in [4.78, 5) is 24.4. The molecule has 0 radical (unpaired) electrons. The Hall–Kier alpha value is -4.89. The van der Waals surface area contributed by atoms with Crippen LogP contribution in [0.15, 0.2) is 60.3 Å². The molecule has 0 unspecified atom stereocenters. The van der Waals surface area contributed by atoms with Crippen LogP contribution in [0.4, 0.5) is 20.7 Å². The number of nitrogens with zero attached hydrogens (tertiary/aromatic N) is 7. The second-order valence-electron chi connectivity index (χ2n) is 10.9. The number of anilines is 2. The molecular formula is C32H34F2N8O2. The Kier molecular flexibility index (Phi) is 9.15. The van der Waals surface area contributed by atoms with Crippen molar-refractivity contribution in [1.29, 1.82) is 0 Å². The lowest BCUT2D eigenvalue weighted by Crippen LogP contribution is -2.38. The summed E-state index contributed by atoms with van der Waals surface area (Å²) in [7, 11) is 1.57. The van der Waals surface area contributed by atoms with E-state index in [2.05, 4.69) is 31.2 Å². The number of methoxy groups -OCH3 is 1. The lowest BCUT2D eigenvalue weighted by molar-refractivity contribution is 0.122. The fourth-order valence-electron chi connectivity index (χ4n) is 5.04. The van der Waals surface area contributed by atoms with E-state index < -0.39 is 17.8 Å². The monoisotopic (exact) mass is 600 g/mol. The summed E-state index contributed by atoms with van der Waals surface area (Å²) in [6.45, 7) is 8.13. The van der Waals surface area contributed by atoms with Crippen LogP contribution < -0.4 is 15.0 Å². The van der Waals surface area contributed by atoms with Crippen LogP contribution in [0.2, 0.25) is 0 Å². The Morgan fingerprint density at radius 2 is 1.89 bits per heavy atom. The molecule has 0 spiro atoms. The zero-order valence-corrected chi connectivity index (χ0v) is 25.1. The van der Waals surface area contributed by atoms with Gasteiger partial charge in [-0.1, -0.05) is 24.1 Å². The van der Waals surface area contributed by atoms with E-state index in [0.29, 0.717) is 55.6 Å². The summed E-state index contributed by atoms with van der Waals surface area (Å²) >= 11 is 0. The number of hydrogen-bond acceptors (Lipinski definition) is 9. The first-order chi connectivity index (χ1) is 21.2. The predicted molar refractivity (Wildman–Crippen MR) is 166 cm³/mol. The highest BCUT2D eigenvalue weighted by Gasteiger charge is 2.27. The highest BCUT2D eigenvalue weighted by molar-refractivity contribution is 5.77. The van der Waals surface area contributed by atoms with Crippen LogP contribution in [0.5, 0.6) is 5.88 Å². The number of allylic oxidation sites excluding steroid dienone is 3. The number of alkyl halides is 2. The Morgan fingerprint density at radius 3 is 2.61 bits per heavy atom. The number of para-hydroxylation sites is 2. The Balaban J connectivity index is 1.56. The third-order valence-electron chi connectivity index (χ3n) is 7.21. The van der Waals surface area contributed by atoms with Crippen LogP contribution in [0.1, 0.15) is 45.0 Å². The summed E-state index contributed by atoms with van der Waals surface area (Å²) in [6, 6.07) is 10.7. The average molecular weight is 601 g/mol. The topological polar surface area (TPSA) is 103 Å². The Morgan fingerprint density at radius 1 is 1.14 bits per heavy atom. The largest absolute Gasteiger partial charge is 0.481 e. The van der Waals surface area contributed by atoms with Gasteiger partial charge in [0.25, 0.3) is 6.43 Å². The molecule has 0 saturated carbocycles. The summed E-state index contributed by atoms with van der Waals surface area (Å²) in [5.74, 6) is 3.28. The number of rotatable bonds is 10. The van der Waals surface area contributed by atoms with E-state index in [0.717, 1.165) is 16.7 Å². The molecule has 0 bridgehead atoms. The molecule has 0 aliphatic carbocycles. The van der Waals surface area contributed by atoms with Crippen molar-refractivity contribution in [3.8, 4) is 24.2 Å². The second-order valence-corrected chi connectivity index (χ2v) is 10.9. The van der Waals surface area contributed by atoms with E-state index in [4.69, 9.17) is 20.9 Å². The number of aromatic nitrogens is 6. The fraction of sp³-hybridized carbons (Fsp3) is 0.344. The van der Waals surface area contributed by atoms with Gasteiger partial charge in [-0.3, -0.25) is 4.57 Å². The first kappa shape index (κ1) is 30.6. The zero-order valence-electron chi connectivity index (χ0n) is 25.1. The van der Waals surface area contributed by atoms with E-state index in [1.807, 2.05) is 43.9 Å². The zero-order chi connectivity index (χ0) is 31.3. The molecule has 44 heavy (non-hydrogen) atoms. The van der Waals surface area contributed by atoms with Gasteiger partial charge >= 0.3 is 0 Å². The molecule has 228 valence electrons. The molecule has 4 aromatic rings. The molecule has 4 heterocycles. The number of fused-ring (bicyclic) bond motifs is 1. The van der Waals surface area contributed by atoms with Gasteiger partial charge < -0.3 is 19.7 Å². The normalized spacial score (nSPS) is 14.6. The Bertz CT molecular complexity index is 1740. The summed E-state index contributed by atoms with van der Waals surface area (Å²) in [6.07, 6.45) is 8.49. The third kappa shape index (κ3) is 6.84. The number of hydrogen-bond donors (Lipinski definition) is 1. The molecule has 5 rings (SSSR count). The summed E-state index contributed by atoms with van der Waals surface area (Å²) < 4.78 is 40.6. The number of imidazole rings is 1. The summed E-state index contributed by atoms with van der Waals surface area (Å²) in [5, 5.41) is 3.43. The molecule has 0 amide bonds. The average Bonchev–Trinajstić information content (AvgIpc) is 3.43.